The third kappa shape index (κ3) is 2.87. The number of benzene rings is 2. The van der Waals surface area contributed by atoms with E-state index >= 15 is 0 Å². The van der Waals surface area contributed by atoms with Gasteiger partial charge in [0.05, 0.1) is 21.8 Å². The molecule has 0 saturated carbocycles. The molecule has 0 spiro atoms. The normalized spacial score (nSPS) is 10.6. The van der Waals surface area contributed by atoms with Gasteiger partial charge < -0.3 is 10.5 Å². The zero-order chi connectivity index (χ0) is 15.5. The van der Waals surface area contributed by atoms with Gasteiger partial charge in [-0.3, -0.25) is 4.98 Å². The molecule has 0 saturated heterocycles. The molecule has 3 aromatic rings. The first-order valence-electron chi connectivity index (χ1n) is 6.70. The van der Waals surface area contributed by atoms with Crippen molar-refractivity contribution in [3.05, 3.63) is 70.9 Å². The lowest BCUT2D eigenvalue weighted by atomic mass is 10.1. The first kappa shape index (κ1) is 14.4. The second-order valence-electron chi connectivity index (χ2n) is 4.80. The number of ether oxygens (including phenoxy) is 1. The molecule has 2 N–H and O–H groups in total. The van der Waals surface area contributed by atoms with Gasteiger partial charge in [0.15, 0.2) is 0 Å². The van der Waals surface area contributed by atoms with Gasteiger partial charge in [-0.05, 0) is 24.3 Å². The van der Waals surface area contributed by atoms with Crippen LogP contribution < -0.4 is 5.73 Å². The first-order chi connectivity index (χ1) is 10.6. The number of rotatable bonds is 3. The lowest BCUT2D eigenvalue weighted by molar-refractivity contribution is 0.0474. The van der Waals surface area contributed by atoms with Crippen molar-refractivity contribution in [3.8, 4) is 0 Å². The molecular formula is C17H13ClN2O2. The Kier molecular flexibility index (Phi) is 3.94. The summed E-state index contributed by atoms with van der Waals surface area (Å²) >= 11 is 5.84. The molecule has 110 valence electrons. The van der Waals surface area contributed by atoms with Crippen LogP contribution >= 0.6 is 11.6 Å². The number of hydrogen-bond donors (Lipinski definition) is 1. The van der Waals surface area contributed by atoms with Gasteiger partial charge in [0, 0.05) is 17.1 Å². The van der Waals surface area contributed by atoms with Gasteiger partial charge in [0.1, 0.15) is 6.61 Å². The van der Waals surface area contributed by atoms with Crippen molar-refractivity contribution in [2.75, 3.05) is 5.73 Å². The van der Waals surface area contributed by atoms with Crippen LogP contribution in [-0.4, -0.2) is 11.0 Å². The van der Waals surface area contributed by atoms with E-state index in [9.17, 15) is 4.79 Å². The number of fused-ring (bicyclic) bond motifs is 1. The highest BCUT2D eigenvalue weighted by atomic mass is 35.5. The van der Waals surface area contributed by atoms with Crippen molar-refractivity contribution in [3.63, 3.8) is 0 Å². The predicted molar refractivity (Wildman–Crippen MR) is 86.7 cm³/mol. The number of hydrogen-bond acceptors (Lipinski definition) is 4. The van der Waals surface area contributed by atoms with Crippen molar-refractivity contribution in [1.29, 1.82) is 0 Å². The highest BCUT2D eigenvalue weighted by molar-refractivity contribution is 6.33. The van der Waals surface area contributed by atoms with Gasteiger partial charge in [0.2, 0.25) is 0 Å². The molecule has 3 rings (SSSR count). The van der Waals surface area contributed by atoms with E-state index in [0.717, 1.165) is 16.5 Å². The van der Waals surface area contributed by atoms with E-state index in [1.165, 1.54) is 6.07 Å². The second kappa shape index (κ2) is 6.03. The van der Waals surface area contributed by atoms with E-state index in [4.69, 9.17) is 22.1 Å². The van der Waals surface area contributed by atoms with Gasteiger partial charge in [0.25, 0.3) is 0 Å². The fourth-order valence-electron chi connectivity index (χ4n) is 2.18. The lowest BCUT2D eigenvalue weighted by Crippen LogP contribution is -2.06. The summed E-state index contributed by atoms with van der Waals surface area (Å²) in [6, 6.07) is 14.3. The van der Waals surface area contributed by atoms with Gasteiger partial charge in [-0.15, -0.1) is 0 Å². The number of nitrogen functional groups attached to an aromatic ring is 1. The first-order valence-corrected chi connectivity index (χ1v) is 7.08. The van der Waals surface area contributed by atoms with Crippen molar-refractivity contribution in [2.45, 2.75) is 6.61 Å². The van der Waals surface area contributed by atoms with E-state index in [-0.39, 0.29) is 6.61 Å². The predicted octanol–water partition coefficient (Wildman–Crippen LogP) is 3.83. The second-order valence-corrected chi connectivity index (χ2v) is 5.21. The number of aromatic nitrogens is 1. The zero-order valence-corrected chi connectivity index (χ0v) is 12.4. The molecule has 22 heavy (non-hydrogen) atoms. The van der Waals surface area contributed by atoms with Crippen LogP contribution in [0.15, 0.2) is 54.7 Å². The molecular weight excluding hydrogens is 300 g/mol. The standard InChI is InChI=1S/C17H13ClN2O2/c18-14-7-6-12(9-15(14)19)17(21)22-10-13-4-1-3-11-5-2-8-20-16(11)13/h1-9H,10,19H2. The number of esters is 1. The SMILES string of the molecule is Nc1cc(C(=O)OCc2cccc3cccnc23)ccc1Cl. The maximum atomic E-state index is 12.1. The van der Waals surface area contributed by atoms with E-state index in [1.54, 1.807) is 18.3 Å². The highest BCUT2D eigenvalue weighted by Crippen LogP contribution is 2.21. The number of nitrogens with two attached hydrogens (primary N) is 1. The minimum Gasteiger partial charge on any atom is -0.457 e. The number of para-hydroxylation sites is 1. The molecule has 0 bridgehead atoms. The van der Waals surface area contributed by atoms with E-state index in [0.29, 0.717) is 16.3 Å². The Balaban J connectivity index is 1.79. The lowest BCUT2D eigenvalue weighted by Gasteiger charge is -2.08. The van der Waals surface area contributed by atoms with Crippen molar-refractivity contribution < 1.29 is 9.53 Å². The molecule has 2 aromatic carbocycles. The zero-order valence-electron chi connectivity index (χ0n) is 11.6. The molecule has 0 aliphatic rings. The molecule has 1 aromatic heterocycles. The van der Waals surface area contributed by atoms with Crippen LogP contribution in [0.4, 0.5) is 5.69 Å². The summed E-state index contributed by atoms with van der Waals surface area (Å²) in [6.07, 6.45) is 1.72. The van der Waals surface area contributed by atoms with Crippen LogP contribution in [0.5, 0.6) is 0 Å². The maximum absolute atomic E-state index is 12.1. The van der Waals surface area contributed by atoms with Gasteiger partial charge >= 0.3 is 5.97 Å². The Labute approximate surface area is 132 Å². The number of carbonyl (C=O) groups is 1. The van der Waals surface area contributed by atoms with Crippen LogP contribution in [0.1, 0.15) is 15.9 Å². The molecule has 0 fully saturated rings. The fourth-order valence-corrected chi connectivity index (χ4v) is 2.30. The van der Waals surface area contributed by atoms with Crippen molar-refractivity contribution in [1.82, 2.24) is 4.98 Å². The molecule has 0 atom stereocenters. The number of halogens is 1. The third-order valence-electron chi connectivity index (χ3n) is 3.31. The largest absolute Gasteiger partial charge is 0.457 e. The molecule has 0 aliphatic heterocycles. The molecule has 0 aliphatic carbocycles. The van der Waals surface area contributed by atoms with Gasteiger partial charge in [-0.1, -0.05) is 35.9 Å². The topological polar surface area (TPSA) is 65.2 Å². The Morgan fingerprint density at radius 2 is 2.00 bits per heavy atom. The van der Waals surface area contributed by atoms with Gasteiger partial charge in [-0.25, -0.2) is 4.79 Å². The smallest absolute Gasteiger partial charge is 0.338 e. The molecule has 0 radical (unpaired) electrons. The van der Waals surface area contributed by atoms with E-state index in [1.807, 2.05) is 30.3 Å². The van der Waals surface area contributed by atoms with E-state index in [2.05, 4.69) is 4.98 Å². The van der Waals surface area contributed by atoms with Crippen LogP contribution in [0, 0.1) is 0 Å². The molecule has 1 heterocycles. The maximum Gasteiger partial charge on any atom is 0.338 e. The van der Waals surface area contributed by atoms with E-state index < -0.39 is 5.97 Å². The molecule has 4 nitrogen and oxygen atoms in total. The van der Waals surface area contributed by atoms with Crippen LogP contribution in [-0.2, 0) is 11.3 Å². The number of pyridine rings is 1. The number of anilines is 1. The summed E-state index contributed by atoms with van der Waals surface area (Å²) in [4.78, 5) is 16.4. The Morgan fingerprint density at radius 3 is 2.82 bits per heavy atom. The Hall–Kier alpha value is -2.59. The van der Waals surface area contributed by atoms with Crippen LogP contribution in [0.3, 0.4) is 0 Å². The Morgan fingerprint density at radius 1 is 1.18 bits per heavy atom. The van der Waals surface area contributed by atoms with Crippen molar-refractivity contribution in [2.24, 2.45) is 0 Å². The average molecular weight is 313 g/mol. The Bertz CT molecular complexity index is 844. The summed E-state index contributed by atoms with van der Waals surface area (Å²) in [5.74, 6) is -0.448. The summed E-state index contributed by atoms with van der Waals surface area (Å²) < 4.78 is 5.34. The third-order valence-corrected chi connectivity index (χ3v) is 3.65. The average Bonchev–Trinajstić information content (AvgIpc) is 2.55. The summed E-state index contributed by atoms with van der Waals surface area (Å²) in [7, 11) is 0. The van der Waals surface area contributed by atoms with Gasteiger partial charge in [-0.2, -0.15) is 0 Å². The molecule has 0 unspecified atom stereocenters. The van der Waals surface area contributed by atoms with Crippen molar-refractivity contribution >= 4 is 34.2 Å². The fraction of sp³-hybridized carbons (Fsp3) is 0.0588. The summed E-state index contributed by atoms with van der Waals surface area (Å²) in [5.41, 5.74) is 8.09. The number of nitrogens with zero attached hydrogens (tertiary/aromatic N) is 1. The molecule has 0 amide bonds. The molecule has 5 heteroatoms. The highest BCUT2D eigenvalue weighted by Gasteiger charge is 2.10. The summed E-state index contributed by atoms with van der Waals surface area (Å²) in [5, 5.41) is 1.42. The van der Waals surface area contributed by atoms with Crippen LogP contribution in [0.2, 0.25) is 5.02 Å². The summed E-state index contributed by atoms with van der Waals surface area (Å²) in [6.45, 7) is 0.149. The van der Waals surface area contributed by atoms with Crippen LogP contribution in [0.25, 0.3) is 10.9 Å². The minimum atomic E-state index is -0.448. The number of carbonyl (C=O) groups excluding carboxylic acids is 1. The minimum absolute atomic E-state index is 0.149. The monoisotopic (exact) mass is 312 g/mol. The quantitative estimate of drug-likeness (QED) is 0.589.